The zero-order valence-corrected chi connectivity index (χ0v) is 8.96. The van der Waals surface area contributed by atoms with Crippen molar-refractivity contribution in [3.05, 3.63) is 16.4 Å². The fourth-order valence-corrected chi connectivity index (χ4v) is 1.60. The lowest BCUT2D eigenvalue weighted by molar-refractivity contribution is -0.388. The van der Waals surface area contributed by atoms with E-state index < -0.39 is 11.0 Å². The van der Waals surface area contributed by atoms with Crippen LogP contribution in [0.2, 0.25) is 0 Å². The molecule has 1 atom stereocenters. The van der Waals surface area contributed by atoms with Crippen LogP contribution in [0.4, 0.5) is 11.6 Å². The van der Waals surface area contributed by atoms with Crippen LogP contribution in [0.1, 0.15) is 12.8 Å². The molecule has 0 spiro atoms. The fraction of sp³-hybridized carbons (Fsp3) is 0.667. The average Bonchev–Trinajstić information content (AvgIpc) is 3.00. The van der Waals surface area contributed by atoms with Crippen LogP contribution in [0.5, 0.6) is 0 Å². The van der Waals surface area contributed by atoms with E-state index in [-0.39, 0.29) is 5.82 Å². The van der Waals surface area contributed by atoms with Crippen LogP contribution >= 0.6 is 0 Å². The third kappa shape index (κ3) is 2.13. The van der Waals surface area contributed by atoms with Crippen molar-refractivity contribution in [2.24, 2.45) is 13.0 Å². The Bertz CT molecular complexity index is 399. The van der Waals surface area contributed by atoms with Crippen molar-refractivity contribution in [1.82, 2.24) is 9.55 Å². The van der Waals surface area contributed by atoms with Crippen molar-refractivity contribution in [3.8, 4) is 0 Å². The number of nitrogens with zero attached hydrogens (tertiary/aromatic N) is 3. The summed E-state index contributed by atoms with van der Waals surface area (Å²) in [6.07, 6.45) is 3.02. The summed E-state index contributed by atoms with van der Waals surface area (Å²) < 4.78 is 1.54. The molecule has 0 radical (unpaired) electrons. The molecule has 1 unspecified atom stereocenters. The Morgan fingerprint density at radius 3 is 3.06 bits per heavy atom. The molecule has 0 amide bonds. The van der Waals surface area contributed by atoms with Crippen LogP contribution in [0.15, 0.2) is 6.33 Å². The summed E-state index contributed by atoms with van der Waals surface area (Å²) in [6, 6.07) is 0. The Morgan fingerprint density at radius 1 is 1.81 bits per heavy atom. The van der Waals surface area contributed by atoms with E-state index in [4.69, 9.17) is 0 Å². The molecule has 88 valence electrons. The maximum absolute atomic E-state index is 10.7. The topological polar surface area (TPSA) is 93.2 Å². The number of aliphatic hydroxyl groups is 1. The molecule has 16 heavy (non-hydrogen) atoms. The predicted molar refractivity (Wildman–Crippen MR) is 57.1 cm³/mol. The molecular weight excluding hydrogens is 212 g/mol. The molecule has 1 aromatic heterocycles. The number of hydrogen-bond acceptors (Lipinski definition) is 5. The fourth-order valence-electron chi connectivity index (χ4n) is 1.60. The summed E-state index contributed by atoms with van der Waals surface area (Å²) in [5.74, 6) is 0.481. The van der Waals surface area contributed by atoms with Crippen molar-refractivity contribution in [2.75, 3.05) is 11.9 Å². The van der Waals surface area contributed by atoms with Gasteiger partial charge < -0.3 is 20.5 Å². The highest BCUT2D eigenvalue weighted by molar-refractivity contribution is 5.52. The van der Waals surface area contributed by atoms with E-state index in [9.17, 15) is 15.2 Å². The van der Waals surface area contributed by atoms with Crippen LogP contribution in [0.25, 0.3) is 0 Å². The number of nitrogens with one attached hydrogen (secondary N) is 1. The lowest BCUT2D eigenvalue weighted by Crippen LogP contribution is -2.22. The van der Waals surface area contributed by atoms with Crippen LogP contribution in [0.3, 0.4) is 0 Å². The molecule has 2 rings (SSSR count). The first-order chi connectivity index (χ1) is 7.59. The molecule has 1 heterocycles. The van der Waals surface area contributed by atoms with Gasteiger partial charge in [-0.3, -0.25) is 4.57 Å². The normalized spacial score (nSPS) is 17.1. The molecule has 1 saturated carbocycles. The summed E-state index contributed by atoms with van der Waals surface area (Å²) in [4.78, 5) is 13.8. The zero-order valence-electron chi connectivity index (χ0n) is 8.96. The predicted octanol–water partition coefficient (Wildman–Crippen LogP) is 0.511. The zero-order chi connectivity index (χ0) is 11.7. The van der Waals surface area contributed by atoms with Gasteiger partial charge in [0.05, 0.1) is 6.10 Å². The molecule has 1 aliphatic rings. The van der Waals surface area contributed by atoms with Crippen molar-refractivity contribution in [2.45, 2.75) is 18.9 Å². The van der Waals surface area contributed by atoms with E-state index >= 15 is 0 Å². The standard InChI is InChI=1S/C9H14N4O3/c1-12-5-11-9(13(15)16)8(12)10-4-7(14)6-2-3-6/h5-7,10,14H,2-4H2,1H3. The number of hydrogen-bond donors (Lipinski definition) is 2. The van der Waals surface area contributed by atoms with Crippen molar-refractivity contribution >= 4 is 11.6 Å². The van der Waals surface area contributed by atoms with Gasteiger partial charge >= 0.3 is 5.82 Å². The third-order valence-electron chi connectivity index (χ3n) is 2.74. The summed E-state index contributed by atoms with van der Waals surface area (Å²) in [7, 11) is 1.67. The second-order valence-corrected chi connectivity index (χ2v) is 4.07. The van der Waals surface area contributed by atoms with Gasteiger partial charge in [-0.1, -0.05) is 0 Å². The molecule has 0 saturated heterocycles. The van der Waals surface area contributed by atoms with Gasteiger partial charge in [-0.2, -0.15) is 0 Å². The number of aryl methyl sites for hydroxylation is 1. The van der Waals surface area contributed by atoms with Gasteiger partial charge in [-0.15, -0.1) is 0 Å². The van der Waals surface area contributed by atoms with E-state index in [0.29, 0.717) is 18.3 Å². The number of aliphatic hydroxyl groups excluding tert-OH is 1. The van der Waals surface area contributed by atoms with Gasteiger partial charge in [-0.25, -0.2) is 0 Å². The van der Waals surface area contributed by atoms with Gasteiger partial charge in [0.2, 0.25) is 12.1 Å². The molecule has 0 bridgehead atoms. The Morgan fingerprint density at radius 2 is 2.50 bits per heavy atom. The van der Waals surface area contributed by atoms with E-state index in [1.807, 2.05) is 0 Å². The molecule has 7 heteroatoms. The quantitative estimate of drug-likeness (QED) is 0.563. The van der Waals surface area contributed by atoms with Crippen LogP contribution in [0, 0.1) is 16.0 Å². The Balaban J connectivity index is 2.01. The second-order valence-electron chi connectivity index (χ2n) is 4.07. The highest BCUT2D eigenvalue weighted by atomic mass is 16.6. The number of rotatable bonds is 5. The molecule has 1 aliphatic carbocycles. The second kappa shape index (κ2) is 4.09. The highest BCUT2D eigenvalue weighted by Crippen LogP contribution is 2.33. The third-order valence-corrected chi connectivity index (χ3v) is 2.74. The van der Waals surface area contributed by atoms with Crippen molar-refractivity contribution in [3.63, 3.8) is 0 Å². The Labute approximate surface area is 92.3 Å². The molecule has 2 N–H and O–H groups in total. The molecule has 1 aromatic rings. The van der Waals surface area contributed by atoms with Gasteiger partial charge in [0.1, 0.15) is 0 Å². The van der Waals surface area contributed by atoms with Crippen molar-refractivity contribution in [1.29, 1.82) is 0 Å². The number of nitro groups is 1. The van der Waals surface area contributed by atoms with Crippen LogP contribution < -0.4 is 5.32 Å². The van der Waals surface area contributed by atoms with Crippen LogP contribution in [-0.2, 0) is 7.05 Å². The summed E-state index contributed by atoms with van der Waals surface area (Å²) in [5, 5.41) is 23.2. The first-order valence-electron chi connectivity index (χ1n) is 5.17. The maximum atomic E-state index is 10.7. The lowest BCUT2D eigenvalue weighted by atomic mass is 10.2. The number of anilines is 1. The molecule has 0 aromatic carbocycles. The SMILES string of the molecule is Cn1cnc([N+](=O)[O-])c1NCC(O)C1CC1. The van der Waals surface area contributed by atoms with E-state index in [2.05, 4.69) is 10.3 Å². The highest BCUT2D eigenvalue weighted by Gasteiger charge is 2.30. The molecule has 1 fully saturated rings. The van der Waals surface area contributed by atoms with E-state index in [1.54, 1.807) is 7.05 Å². The van der Waals surface area contributed by atoms with Crippen molar-refractivity contribution < 1.29 is 10.0 Å². The number of imidazole rings is 1. The molecule has 7 nitrogen and oxygen atoms in total. The van der Waals surface area contributed by atoms with Gasteiger partial charge in [0.25, 0.3) is 0 Å². The summed E-state index contributed by atoms with van der Waals surface area (Å²) in [6.45, 7) is 0.324. The van der Waals surface area contributed by atoms with Crippen LogP contribution in [-0.4, -0.2) is 32.2 Å². The van der Waals surface area contributed by atoms with Gasteiger partial charge in [0, 0.05) is 13.6 Å². The Kier molecular flexibility index (Phi) is 2.78. The summed E-state index contributed by atoms with van der Waals surface area (Å²) >= 11 is 0. The first kappa shape index (κ1) is 10.9. The molecular formula is C9H14N4O3. The van der Waals surface area contributed by atoms with Gasteiger partial charge in [-0.05, 0) is 28.7 Å². The minimum absolute atomic E-state index is 0.203. The van der Waals surface area contributed by atoms with E-state index in [1.165, 1.54) is 10.9 Å². The minimum atomic E-state index is -0.536. The first-order valence-corrected chi connectivity index (χ1v) is 5.17. The minimum Gasteiger partial charge on any atom is -0.391 e. The van der Waals surface area contributed by atoms with E-state index in [0.717, 1.165) is 12.8 Å². The largest absolute Gasteiger partial charge is 0.406 e. The monoisotopic (exact) mass is 226 g/mol. The summed E-state index contributed by atoms with van der Waals surface area (Å²) in [5.41, 5.74) is 0. The lowest BCUT2D eigenvalue weighted by Gasteiger charge is -2.11. The molecule has 0 aliphatic heterocycles. The smallest absolute Gasteiger partial charge is 0.391 e. The van der Waals surface area contributed by atoms with Gasteiger partial charge in [0.15, 0.2) is 0 Å². The number of aromatic nitrogens is 2. The Hall–Kier alpha value is -1.63. The average molecular weight is 226 g/mol. The maximum Gasteiger partial charge on any atom is 0.406 e.